The van der Waals surface area contributed by atoms with Gasteiger partial charge in [-0.25, -0.2) is 4.98 Å². The number of hydrogen-bond acceptors (Lipinski definition) is 5. The molecule has 0 aliphatic rings. The molecule has 0 atom stereocenters. The fourth-order valence-corrected chi connectivity index (χ4v) is 4.00. The molecule has 4 rings (SSSR count). The van der Waals surface area contributed by atoms with Gasteiger partial charge in [0.1, 0.15) is 5.52 Å². The number of carbonyl (C=O) groups is 1. The van der Waals surface area contributed by atoms with Crippen molar-refractivity contribution in [3.8, 4) is 11.8 Å². The Kier molecular flexibility index (Phi) is 5.60. The maximum Gasteiger partial charge on any atom is 0.283 e. The van der Waals surface area contributed by atoms with E-state index in [0.29, 0.717) is 33.1 Å². The number of aryl methyl sites for hydroxylation is 2. The molecule has 2 N–H and O–H groups in total. The number of nitrogens with zero attached hydrogens (tertiary/aromatic N) is 3. The number of nitriles is 1. The summed E-state index contributed by atoms with van der Waals surface area (Å²) in [5.74, 6) is -0.195. The molecule has 0 radical (unpaired) electrons. The maximum atomic E-state index is 13.2. The number of aromatic amines is 1. The van der Waals surface area contributed by atoms with Crippen LogP contribution in [0.5, 0.6) is 0 Å². The van der Waals surface area contributed by atoms with Crippen molar-refractivity contribution in [3.63, 3.8) is 0 Å². The lowest BCUT2D eigenvalue weighted by Crippen LogP contribution is -2.23. The second-order valence-electron chi connectivity index (χ2n) is 7.11. The molecule has 0 unspecified atom stereocenters. The van der Waals surface area contributed by atoms with Gasteiger partial charge in [-0.3, -0.25) is 14.2 Å². The third-order valence-corrected chi connectivity index (χ3v) is 5.59. The largest absolute Gasteiger partial charge is 0.353 e. The molecule has 31 heavy (non-hydrogen) atoms. The lowest BCUT2D eigenvalue weighted by atomic mass is 10.2. The van der Waals surface area contributed by atoms with Gasteiger partial charge in [-0.05, 0) is 50.2 Å². The quantitative estimate of drug-likeness (QED) is 0.369. The van der Waals surface area contributed by atoms with Crippen LogP contribution >= 0.6 is 11.8 Å². The summed E-state index contributed by atoms with van der Waals surface area (Å²) < 4.78 is 1.52. The molecule has 4 aromatic rings. The first kappa shape index (κ1) is 20.4. The van der Waals surface area contributed by atoms with Crippen molar-refractivity contribution in [2.45, 2.75) is 19.0 Å². The lowest BCUT2D eigenvalue weighted by molar-refractivity contribution is -0.113. The van der Waals surface area contributed by atoms with Crippen molar-refractivity contribution >= 4 is 34.4 Å². The minimum absolute atomic E-state index is 0.0595. The van der Waals surface area contributed by atoms with Crippen molar-refractivity contribution in [2.75, 3.05) is 11.1 Å². The Balaban J connectivity index is 1.65. The molecular formula is C23H19N5O2S. The summed E-state index contributed by atoms with van der Waals surface area (Å²) in [6, 6.07) is 18.1. The predicted octanol–water partition coefficient (Wildman–Crippen LogP) is 3.93. The zero-order valence-corrected chi connectivity index (χ0v) is 17.8. The van der Waals surface area contributed by atoms with Gasteiger partial charge in [-0.15, -0.1) is 0 Å². The third kappa shape index (κ3) is 4.37. The first-order chi connectivity index (χ1) is 14.9. The van der Waals surface area contributed by atoms with E-state index in [1.54, 1.807) is 24.3 Å². The van der Waals surface area contributed by atoms with Gasteiger partial charge < -0.3 is 10.3 Å². The normalized spacial score (nSPS) is 10.7. The molecule has 2 aromatic carbocycles. The van der Waals surface area contributed by atoms with Gasteiger partial charge in [0.2, 0.25) is 5.91 Å². The van der Waals surface area contributed by atoms with Gasteiger partial charge >= 0.3 is 0 Å². The molecule has 0 saturated carbocycles. The highest BCUT2D eigenvalue weighted by molar-refractivity contribution is 7.99. The van der Waals surface area contributed by atoms with Crippen molar-refractivity contribution in [1.82, 2.24) is 14.5 Å². The van der Waals surface area contributed by atoms with Crippen LogP contribution in [0, 0.1) is 25.2 Å². The number of rotatable bonds is 5. The summed E-state index contributed by atoms with van der Waals surface area (Å²) in [4.78, 5) is 33.4. The van der Waals surface area contributed by atoms with Gasteiger partial charge in [0, 0.05) is 11.4 Å². The van der Waals surface area contributed by atoms with E-state index in [-0.39, 0.29) is 17.2 Å². The van der Waals surface area contributed by atoms with E-state index in [0.717, 1.165) is 11.3 Å². The van der Waals surface area contributed by atoms with Crippen LogP contribution in [0.25, 0.3) is 16.7 Å². The number of amides is 1. The Labute approximate surface area is 182 Å². The topological polar surface area (TPSA) is 104 Å². The third-order valence-electron chi connectivity index (χ3n) is 4.66. The first-order valence-corrected chi connectivity index (χ1v) is 10.6. The highest BCUT2D eigenvalue weighted by Gasteiger charge is 2.16. The van der Waals surface area contributed by atoms with Gasteiger partial charge in [0.25, 0.3) is 5.56 Å². The minimum Gasteiger partial charge on any atom is -0.353 e. The summed E-state index contributed by atoms with van der Waals surface area (Å²) in [7, 11) is 0. The standard InChI is InChI=1S/C23H19N5O2S/c1-14-6-8-18(9-7-14)28-22(30)21-19(10-15(2)25-21)27-23(28)31-13-20(29)26-17-5-3-4-16(11-17)12-24/h3-11,25H,13H2,1-2H3,(H,26,29). The first-order valence-electron chi connectivity index (χ1n) is 9.57. The second-order valence-corrected chi connectivity index (χ2v) is 8.06. The Morgan fingerprint density at radius 2 is 1.97 bits per heavy atom. The number of nitrogens with one attached hydrogen (secondary N) is 2. The van der Waals surface area contributed by atoms with Crippen LogP contribution in [0.3, 0.4) is 0 Å². The molecule has 2 aromatic heterocycles. The van der Waals surface area contributed by atoms with Crippen molar-refractivity contribution in [3.05, 3.63) is 81.8 Å². The Morgan fingerprint density at radius 3 is 2.71 bits per heavy atom. The van der Waals surface area contributed by atoms with Crippen LogP contribution in [0.1, 0.15) is 16.8 Å². The van der Waals surface area contributed by atoms with Gasteiger partial charge in [-0.2, -0.15) is 5.26 Å². The second kappa shape index (κ2) is 8.50. The Hall–Kier alpha value is -3.83. The summed E-state index contributed by atoms with van der Waals surface area (Å²) in [6.45, 7) is 3.84. The molecule has 0 spiro atoms. The molecule has 0 aliphatic carbocycles. The number of H-pyrrole nitrogens is 1. The van der Waals surface area contributed by atoms with Crippen LogP contribution in [-0.2, 0) is 4.79 Å². The van der Waals surface area contributed by atoms with E-state index < -0.39 is 0 Å². The minimum atomic E-state index is -0.254. The number of benzene rings is 2. The molecular weight excluding hydrogens is 410 g/mol. The van der Waals surface area contributed by atoms with E-state index in [9.17, 15) is 9.59 Å². The van der Waals surface area contributed by atoms with E-state index in [1.165, 1.54) is 16.3 Å². The van der Waals surface area contributed by atoms with Gasteiger partial charge in [0.15, 0.2) is 5.16 Å². The zero-order chi connectivity index (χ0) is 22.0. The summed E-state index contributed by atoms with van der Waals surface area (Å²) in [6.07, 6.45) is 0. The number of aromatic nitrogens is 3. The smallest absolute Gasteiger partial charge is 0.283 e. The average molecular weight is 430 g/mol. The van der Waals surface area contributed by atoms with Crippen LogP contribution < -0.4 is 10.9 Å². The average Bonchev–Trinajstić information content (AvgIpc) is 3.14. The predicted molar refractivity (Wildman–Crippen MR) is 122 cm³/mol. The fraction of sp³-hybridized carbons (Fsp3) is 0.130. The lowest BCUT2D eigenvalue weighted by Gasteiger charge is -2.12. The van der Waals surface area contributed by atoms with E-state index in [1.807, 2.05) is 50.2 Å². The van der Waals surface area contributed by atoms with Crippen LogP contribution in [0.15, 0.2) is 64.5 Å². The number of carbonyl (C=O) groups excluding carboxylic acids is 1. The van der Waals surface area contributed by atoms with Crippen molar-refractivity contribution in [2.24, 2.45) is 0 Å². The molecule has 8 heteroatoms. The highest BCUT2D eigenvalue weighted by atomic mass is 32.2. The monoisotopic (exact) mass is 429 g/mol. The Bertz CT molecular complexity index is 1380. The van der Waals surface area contributed by atoms with Crippen molar-refractivity contribution < 1.29 is 4.79 Å². The fourth-order valence-electron chi connectivity index (χ4n) is 3.19. The van der Waals surface area contributed by atoms with Crippen LogP contribution in [-0.4, -0.2) is 26.2 Å². The molecule has 0 fully saturated rings. The number of hydrogen-bond donors (Lipinski definition) is 2. The van der Waals surface area contributed by atoms with Crippen molar-refractivity contribution in [1.29, 1.82) is 5.26 Å². The van der Waals surface area contributed by atoms with Gasteiger partial charge in [-0.1, -0.05) is 35.5 Å². The van der Waals surface area contributed by atoms with E-state index in [4.69, 9.17) is 5.26 Å². The highest BCUT2D eigenvalue weighted by Crippen LogP contribution is 2.22. The molecule has 7 nitrogen and oxygen atoms in total. The van der Waals surface area contributed by atoms with Crippen LogP contribution in [0.4, 0.5) is 5.69 Å². The number of anilines is 1. The van der Waals surface area contributed by atoms with E-state index in [2.05, 4.69) is 15.3 Å². The molecule has 0 bridgehead atoms. The molecule has 1 amide bonds. The van der Waals surface area contributed by atoms with Gasteiger partial charge in [0.05, 0.1) is 28.6 Å². The number of fused-ring (bicyclic) bond motifs is 1. The summed E-state index contributed by atoms with van der Waals surface area (Å²) in [5, 5.41) is 12.2. The molecule has 154 valence electrons. The Morgan fingerprint density at radius 1 is 1.19 bits per heavy atom. The maximum absolute atomic E-state index is 13.2. The summed E-state index contributed by atoms with van der Waals surface area (Å²) >= 11 is 1.18. The zero-order valence-electron chi connectivity index (χ0n) is 17.0. The summed E-state index contributed by atoms with van der Waals surface area (Å²) in [5.41, 5.74) is 4.39. The molecule has 2 heterocycles. The van der Waals surface area contributed by atoms with Crippen LogP contribution in [0.2, 0.25) is 0 Å². The molecule has 0 aliphatic heterocycles. The SMILES string of the molecule is Cc1ccc(-n2c(SCC(=O)Nc3cccc(C#N)c3)nc3cc(C)[nH]c3c2=O)cc1. The van der Waals surface area contributed by atoms with E-state index >= 15 is 0 Å². The molecule has 0 saturated heterocycles. The number of thioether (sulfide) groups is 1.